The molecule has 2 amide bonds. The summed E-state index contributed by atoms with van der Waals surface area (Å²) in [6, 6.07) is 3.29. The number of ether oxygens (including phenoxy) is 1. The molecule has 2 heterocycles. The van der Waals surface area contributed by atoms with Gasteiger partial charge < -0.3 is 10.1 Å². The number of benzene rings is 1. The second-order valence-corrected chi connectivity index (χ2v) is 6.75. The quantitative estimate of drug-likeness (QED) is 0.466. The van der Waals surface area contributed by atoms with Crippen molar-refractivity contribution in [1.82, 2.24) is 26.4 Å². The Bertz CT molecular complexity index is 1160. The van der Waals surface area contributed by atoms with Crippen LogP contribution in [0.3, 0.4) is 0 Å². The number of nitrogens with zero attached hydrogens (tertiary/aromatic N) is 3. The predicted molar refractivity (Wildman–Crippen MR) is 104 cm³/mol. The fourth-order valence-corrected chi connectivity index (χ4v) is 2.91. The van der Waals surface area contributed by atoms with Crippen LogP contribution in [-0.4, -0.2) is 41.2 Å². The molecule has 0 unspecified atom stereocenters. The summed E-state index contributed by atoms with van der Waals surface area (Å²) < 4.78 is 82.0. The molecule has 0 fully saturated rings. The Morgan fingerprint density at radius 1 is 1.06 bits per heavy atom. The Morgan fingerprint density at radius 3 is 2.32 bits per heavy atom. The molecule has 0 radical (unpaired) electrons. The van der Waals surface area contributed by atoms with Crippen molar-refractivity contribution >= 4 is 35.1 Å². The minimum Gasteiger partial charge on any atom is -0.404 e. The number of hydrazine groups is 2. The normalized spacial score (nSPS) is 13.8. The Labute approximate surface area is 190 Å². The van der Waals surface area contributed by atoms with E-state index in [2.05, 4.69) is 31.2 Å². The number of carbonyl (C=O) groups is 2. The zero-order valence-corrected chi connectivity index (χ0v) is 17.4. The van der Waals surface area contributed by atoms with Crippen molar-refractivity contribution in [1.29, 1.82) is 0 Å². The molecule has 1 aromatic heterocycles. The lowest BCUT2D eigenvalue weighted by atomic mass is 10.1. The van der Waals surface area contributed by atoms with Crippen molar-refractivity contribution in [3.05, 3.63) is 52.3 Å². The number of amides is 2. The second-order valence-electron chi connectivity index (χ2n) is 6.37. The summed E-state index contributed by atoms with van der Waals surface area (Å²) in [5.41, 5.74) is 0.868. The van der Waals surface area contributed by atoms with Crippen molar-refractivity contribution < 1.29 is 40.7 Å². The number of pyridine rings is 1. The van der Waals surface area contributed by atoms with Crippen molar-refractivity contribution in [3.63, 3.8) is 0 Å². The first-order chi connectivity index (χ1) is 15.8. The average Bonchev–Trinajstić information content (AvgIpc) is 3.13. The topological polar surface area (TPSA) is 120 Å². The molecule has 3 rings (SSSR count). The lowest BCUT2D eigenvalue weighted by Gasteiger charge is -2.18. The summed E-state index contributed by atoms with van der Waals surface area (Å²) in [6.07, 6.45) is -9.51. The number of aromatic nitrogens is 1. The minimum absolute atomic E-state index is 0.0487. The molecule has 4 N–H and O–H groups in total. The third-order valence-electron chi connectivity index (χ3n) is 4.06. The smallest absolute Gasteiger partial charge is 0.404 e. The maximum absolute atomic E-state index is 13.2. The first-order valence-electron chi connectivity index (χ1n) is 8.83. The zero-order valence-electron chi connectivity index (χ0n) is 16.6. The van der Waals surface area contributed by atoms with Crippen LogP contribution in [0, 0.1) is 0 Å². The molecule has 0 spiro atoms. The highest BCUT2D eigenvalue weighted by Crippen LogP contribution is 2.39. The van der Waals surface area contributed by atoms with Gasteiger partial charge in [0.2, 0.25) is 5.96 Å². The van der Waals surface area contributed by atoms with Gasteiger partial charge in [-0.05, 0) is 24.3 Å². The van der Waals surface area contributed by atoms with E-state index in [1.165, 1.54) is 12.1 Å². The van der Waals surface area contributed by atoms with Crippen LogP contribution in [0.2, 0.25) is 5.02 Å². The van der Waals surface area contributed by atoms with E-state index in [9.17, 15) is 35.9 Å². The third-order valence-corrected chi connectivity index (χ3v) is 4.45. The molecule has 17 heteroatoms. The van der Waals surface area contributed by atoms with E-state index >= 15 is 0 Å². The van der Waals surface area contributed by atoms with Crippen LogP contribution >= 0.6 is 11.6 Å². The number of rotatable bonds is 4. The van der Waals surface area contributed by atoms with E-state index in [0.717, 1.165) is 24.4 Å². The first kappa shape index (κ1) is 24.8. The molecule has 0 bridgehead atoms. The highest BCUT2D eigenvalue weighted by molar-refractivity contribution is 6.37. The molecule has 0 saturated heterocycles. The number of nitrogens with one attached hydrogen (secondary N) is 4. The van der Waals surface area contributed by atoms with E-state index in [0.29, 0.717) is 6.07 Å². The van der Waals surface area contributed by atoms with Crippen molar-refractivity contribution in [2.75, 3.05) is 12.4 Å². The molecule has 1 aliphatic heterocycles. The molecule has 1 aliphatic rings. The second kappa shape index (κ2) is 9.22. The maximum Gasteiger partial charge on any atom is 0.573 e. The molecule has 2 aromatic rings. The van der Waals surface area contributed by atoms with Crippen molar-refractivity contribution in [3.8, 4) is 5.75 Å². The van der Waals surface area contributed by atoms with Crippen LogP contribution in [0.25, 0.3) is 0 Å². The highest BCUT2D eigenvalue weighted by Gasteiger charge is 2.38. The monoisotopic (exact) mass is 511 g/mol. The van der Waals surface area contributed by atoms with E-state index < -0.39 is 57.6 Å². The Morgan fingerprint density at radius 2 is 1.74 bits per heavy atom. The molecular formula is C17H12ClF6N7O3. The summed E-state index contributed by atoms with van der Waals surface area (Å²) >= 11 is 6.08. The molecule has 34 heavy (non-hydrogen) atoms. The Hall–Kier alpha value is -3.79. The summed E-state index contributed by atoms with van der Waals surface area (Å²) in [4.78, 5) is 28.2. The number of halogens is 7. The number of alkyl halides is 6. The van der Waals surface area contributed by atoms with Crippen LogP contribution in [0.5, 0.6) is 5.75 Å². The Balaban J connectivity index is 2.01. The van der Waals surface area contributed by atoms with Gasteiger partial charge in [-0.3, -0.25) is 24.9 Å². The van der Waals surface area contributed by atoms with Crippen LogP contribution in [0.4, 0.5) is 32.0 Å². The minimum atomic E-state index is -5.25. The summed E-state index contributed by atoms with van der Waals surface area (Å²) in [5.74, 6) is -3.58. The van der Waals surface area contributed by atoms with Crippen LogP contribution in [0.1, 0.15) is 26.4 Å². The van der Waals surface area contributed by atoms with Crippen LogP contribution in [0.15, 0.2) is 35.6 Å². The van der Waals surface area contributed by atoms with E-state index in [1.54, 1.807) is 0 Å². The SMILES string of the molecule is CN1NNN=C1NC(=O)c1ccc(OC(F)(F)F)c(NC(=O)c2cccnc2C(F)(F)F)c1Cl. The molecule has 0 saturated carbocycles. The molecule has 182 valence electrons. The van der Waals surface area contributed by atoms with Gasteiger partial charge in [-0.15, -0.1) is 23.8 Å². The van der Waals surface area contributed by atoms with E-state index in [-0.39, 0.29) is 5.96 Å². The molecular weight excluding hydrogens is 500 g/mol. The number of carbonyl (C=O) groups excluding carboxylic acids is 2. The largest absolute Gasteiger partial charge is 0.573 e. The molecule has 10 nitrogen and oxygen atoms in total. The van der Waals surface area contributed by atoms with Gasteiger partial charge in [0.25, 0.3) is 11.8 Å². The number of anilines is 1. The molecule has 0 aliphatic carbocycles. The molecule has 1 aromatic carbocycles. The van der Waals surface area contributed by atoms with Gasteiger partial charge in [0.1, 0.15) is 5.69 Å². The summed E-state index contributed by atoms with van der Waals surface area (Å²) in [6.45, 7) is 0. The van der Waals surface area contributed by atoms with Crippen molar-refractivity contribution in [2.24, 2.45) is 5.10 Å². The fraction of sp³-hybridized carbons (Fsp3) is 0.176. The lowest BCUT2D eigenvalue weighted by molar-refractivity contribution is -0.274. The highest BCUT2D eigenvalue weighted by atomic mass is 35.5. The third kappa shape index (κ3) is 5.57. The van der Waals surface area contributed by atoms with Crippen LogP contribution in [-0.2, 0) is 6.18 Å². The van der Waals surface area contributed by atoms with Gasteiger partial charge in [-0.2, -0.15) is 13.2 Å². The summed E-state index contributed by atoms with van der Waals surface area (Å²) in [7, 11) is 1.46. The van der Waals surface area contributed by atoms with Gasteiger partial charge in [0.15, 0.2) is 11.4 Å². The molecule has 0 atom stereocenters. The maximum atomic E-state index is 13.2. The van der Waals surface area contributed by atoms with Crippen LogP contribution < -0.4 is 26.4 Å². The number of guanidine groups is 1. The van der Waals surface area contributed by atoms with Gasteiger partial charge >= 0.3 is 12.5 Å². The lowest BCUT2D eigenvalue weighted by Crippen LogP contribution is -2.45. The first-order valence-corrected chi connectivity index (χ1v) is 9.21. The van der Waals surface area contributed by atoms with Gasteiger partial charge in [0.05, 0.1) is 16.1 Å². The van der Waals surface area contributed by atoms with E-state index in [4.69, 9.17) is 11.6 Å². The number of hydrogen-bond acceptors (Lipinski definition) is 8. The van der Waals surface area contributed by atoms with Gasteiger partial charge in [-0.1, -0.05) is 11.6 Å². The number of hydrazone groups is 1. The fourth-order valence-electron chi connectivity index (χ4n) is 2.62. The predicted octanol–water partition coefficient (Wildman–Crippen LogP) is 2.86. The van der Waals surface area contributed by atoms with Gasteiger partial charge in [-0.25, -0.2) is 5.53 Å². The van der Waals surface area contributed by atoms with Gasteiger partial charge in [0, 0.05) is 13.2 Å². The Kier molecular flexibility index (Phi) is 6.74. The zero-order chi connectivity index (χ0) is 25.3. The summed E-state index contributed by atoms with van der Waals surface area (Å²) in [5, 5.41) is 8.29. The van der Waals surface area contributed by atoms with E-state index in [1.807, 2.05) is 5.32 Å². The van der Waals surface area contributed by atoms with Crippen molar-refractivity contribution in [2.45, 2.75) is 12.5 Å². The standard InChI is InChI=1S/C17H12ClF6N7O3/c1-31-15(28-29-30-31)27-13(32)7-4-5-9(34-17(22,23)24)11(10(7)18)26-14(33)8-3-2-6-25-12(8)16(19,20)21/h2-6,29-30H,1H3,(H,26,33)(H,27,28,32). The average molecular weight is 512 g/mol. The number of hydrogen-bond donors (Lipinski definition) is 4.